The van der Waals surface area contributed by atoms with E-state index in [1.807, 2.05) is 74.6 Å². The van der Waals surface area contributed by atoms with Crippen LogP contribution in [0.1, 0.15) is 19.4 Å². The third kappa shape index (κ3) is 3.34. The second-order valence-corrected chi connectivity index (χ2v) is 6.97. The Labute approximate surface area is 163 Å². The Balaban J connectivity index is 1.75. The van der Waals surface area contributed by atoms with Gasteiger partial charge in [0, 0.05) is 29.2 Å². The molecule has 4 aromatic rings. The Morgan fingerprint density at radius 3 is 2.43 bits per heavy atom. The summed E-state index contributed by atoms with van der Waals surface area (Å²) in [6, 6.07) is 17.8. The molecule has 2 aromatic heterocycles. The maximum Gasteiger partial charge on any atom is 0.137 e. The van der Waals surface area contributed by atoms with Gasteiger partial charge in [-0.25, -0.2) is 4.98 Å². The number of nitrogens with one attached hydrogen (secondary N) is 1. The molecule has 0 aliphatic carbocycles. The molecule has 0 unspecified atom stereocenters. The number of benzene rings is 2. The van der Waals surface area contributed by atoms with E-state index in [0.717, 1.165) is 33.8 Å². The summed E-state index contributed by atoms with van der Waals surface area (Å²) in [6.45, 7) is 4.03. The van der Waals surface area contributed by atoms with Gasteiger partial charge < -0.3 is 15.9 Å². The zero-order valence-electron chi connectivity index (χ0n) is 15.9. The minimum absolute atomic E-state index is 0.148. The van der Waals surface area contributed by atoms with Crippen LogP contribution in [-0.4, -0.2) is 21.7 Å². The van der Waals surface area contributed by atoms with Gasteiger partial charge in [-0.3, -0.25) is 4.40 Å². The van der Waals surface area contributed by atoms with Crippen LogP contribution in [0.15, 0.2) is 67.0 Å². The maximum atomic E-state index is 7.53. The molecule has 140 valence electrons. The number of hydrogen-bond donors (Lipinski definition) is 2. The van der Waals surface area contributed by atoms with Crippen molar-refractivity contribution in [3.63, 3.8) is 0 Å². The van der Waals surface area contributed by atoms with Gasteiger partial charge in [0.1, 0.15) is 11.4 Å². The molecule has 0 atom stereocenters. The zero-order chi connectivity index (χ0) is 19.7. The molecule has 0 bridgehead atoms. The van der Waals surface area contributed by atoms with E-state index in [1.165, 1.54) is 6.21 Å². The number of fused-ring (bicyclic) bond motifs is 1. The van der Waals surface area contributed by atoms with Crippen molar-refractivity contribution in [3.05, 3.63) is 72.6 Å². The van der Waals surface area contributed by atoms with Crippen LogP contribution in [0.2, 0.25) is 0 Å². The van der Waals surface area contributed by atoms with Gasteiger partial charge in [0.15, 0.2) is 0 Å². The van der Waals surface area contributed by atoms with Crippen LogP contribution in [0.4, 0.5) is 5.69 Å². The highest BCUT2D eigenvalue weighted by Gasteiger charge is 2.09. The highest BCUT2D eigenvalue weighted by Crippen LogP contribution is 2.28. The zero-order valence-corrected chi connectivity index (χ0v) is 15.9. The smallest absolute Gasteiger partial charge is 0.137 e. The quantitative estimate of drug-likeness (QED) is 0.382. The summed E-state index contributed by atoms with van der Waals surface area (Å²) in [7, 11) is 0. The molecular weight excluding hydrogens is 348 g/mol. The highest BCUT2D eigenvalue weighted by atomic mass is 16.5. The molecule has 0 radical (unpaired) electrons. The monoisotopic (exact) mass is 370 g/mol. The first kappa shape index (κ1) is 17.8. The number of ether oxygens (including phenoxy) is 1. The molecule has 2 heterocycles. The van der Waals surface area contributed by atoms with Gasteiger partial charge in [-0.05, 0) is 73.5 Å². The average Bonchev–Trinajstić information content (AvgIpc) is 3.12. The molecule has 28 heavy (non-hydrogen) atoms. The molecule has 0 aliphatic heterocycles. The van der Waals surface area contributed by atoms with E-state index in [-0.39, 0.29) is 6.10 Å². The number of hydrogen-bond acceptors (Lipinski definition) is 4. The molecule has 0 saturated heterocycles. The molecule has 5 heteroatoms. The van der Waals surface area contributed by atoms with E-state index in [9.17, 15) is 0 Å². The van der Waals surface area contributed by atoms with Crippen LogP contribution in [0.25, 0.3) is 28.0 Å². The van der Waals surface area contributed by atoms with Crippen molar-refractivity contribution >= 4 is 17.5 Å². The molecule has 0 spiro atoms. The van der Waals surface area contributed by atoms with Crippen LogP contribution in [0.5, 0.6) is 5.75 Å². The molecule has 2 aromatic carbocycles. The van der Waals surface area contributed by atoms with Crippen LogP contribution < -0.4 is 10.5 Å². The molecule has 0 amide bonds. The molecule has 0 saturated carbocycles. The van der Waals surface area contributed by atoms with Gasteiger partial charge in [-0.1, -0.05) is 6.07 Å². The van der Waals surface area contributed by atoms with E-state index in [4.69, 9.17) is 15.9 Å². The lowest BCUT2D eigenvalue weighted by atomic mass is 10.0. The van der Waals surface area contributed by atoms with Crippen molar-refractivity contribution in [2.45, 2.75) is 20.0 Å². The first-order valence-electron chi connectivity index (χ1n) is 9.20. The predicted octanol–water partition coefficient (Wildman–Crippen LogP) is 5.04. The SMILES string of the molecule is CC(C)Oc1ccc(-c2cnc3ccc(-c4ccc(N)c(C=N)c4)cn23)cc1. The summed E-state index contributed by atoms with van der Waals surface area (Å²) in [6.07, 6.45) is 5.37. The van der Waals surface area contributed by atoms with Gasteiger partial charge in [-0.15, -0.1) is 0 Å². The van der Waals surface area contributed by atoms with E-state index in [2.05, 4.69) is 15.6 Å². The number of aromatic nitrogens is 2. The summed E-state index contributed by atoms with van der Waals surface area (Å²) in [5, 5.41) is 7.53. The van der Waals surface area contributed by atoms with Gasteiger partial charge in [0.05, 0.1) is 18.0 Å². The topological polar surface area (TPSA) is 76.4 Å². The van der Waals surface area contributed by atoms with Gasteiger partial charge >= 0.3 is 0 Å². The summed E-state index contributed by atoms with van der Waals surface area (Å²) < 4.78 is 7.81. The third-order valence-electron chi connectivity index (χ3n) is 4.60. The van der Waals surface area contributed by atoms with Gasteiger partial charge in [0.25, 0.3) is 0 Å². The molecule has 3 N–H and O–H groups in total. The number of anilines is 1. The van der Waals surface area contributed by atoms with Crippen molar-refractivity contribution < 1.29 is 4.74 Å². The van der Waals surface area contributed by atoms with E-state index < -0.39 is 0 Å². The summed E-state index contributed by atoms with van der Waals surface area (Å²) in [5.74, 6) is 0.856. The van der Waals surface area contributed by atoms with E-state index in [0.29, 0.717) is 11.3 Å². The fraction of sp³-hybridized carbons (Fsp3) is 0.130. The van der Waals surface area contributed by atoms with Gasteiger partial charge in [0.2, 0.25) is 0 Å². The normalized spacial score (nSPS) is 11.1. The number of pyridine rings is 1. The first-order chi connectivity index (χ1) is 13.5. The van der Waals surface area contributed by atoms with Crippen molar-refractivity contribution in [1.29, 1.82) is 5.41 Å². The lowest BCUT2D eigenvalue weighted by Gasteiger charge is -2.10. The van der Waals surface area contributed by atoms with Crippen molar-refractivity contribution in [2.24, 2.45) is 0 Å². The summed E-state index contributed by atoms with van der Waals surface area (Å²) in [4.78, 5) is 4.52. The Morgan fingerprint density at radius 2 is 1.71 bits per heavy atom. The Kier molecular flexibility index (Phi) is 4.57. The summed E-state index contributed by atoms with van der Waals surface area (Å²) >= 11 is 0. The van der Waals surface area contributed by atoms with Crippen LogP contribution in [0.3, 0.4) is 0 Å². The fourth-order valence-corrected chi connectivity index (χ4v) is 3.22. The maximum absolute atomic E-state index is 7.53. The molecule has 5 nitrogen and oxygen atoms in total. The largest absolute Gasteiger partial charge is 0.491 e. The van der Waals surface area contributed by atoms with Crippen molar-refractivity contribution in [3.8, 4) is 28.1 Å². The Morgan fingerprint density at radius 1 is 1.00 bits per heavy atom. The number of imidazole rings is 1. The standard InChI is InChI=1S/C23H22N4O/c1-15(2)28-20-7-3-16(4-8-20)22-13-26-23-10-6-18(14-27(22)23)17-5-9-21(25)19(11-17)12-24/h3-15,24H,25H2,1-2H3. The molecule has 0 fully saturated rings. The van der Waals surface area contributed by atoms with Crippen molar-refractivity contribution in [2.75, 3.05) is 5.73 Å². The average molecular weight is 370 g/mol. The Hall–Kier alpha value is -3.60. The number of nitrogen functional groups attached to an aromatic ring is 1. The van der Waals surface area contributed by atoms with Crippen LogP contribution in [0, 0.1) is 5.41 Å². The molecule has 4 rings (SSSR count). The predicted molar refractivity (Wildman–Crippen MR) is 114 cm³/mol. The second kappa shape index (κ2) is 7.19. The second-order valence-electron chi connectivity index (χ2n) is 6.97. The van der Waals surface area contributed by atoms with E-state index >= 15 is 0 Å². The van der Waals surface area contributed by atoms with Gasteiger partial charge in [-0.2, -0.15) is 0 Å². The number of nitrogens with zero attached hydrogens (tertiary/aromatic N) is 2. The van der Waals surface area contributed by atoms with Crippen LogP contribution in [-0.2, 0) is 0 Å². The molecular formula is C23H22N4O. The number of nitrogens with two attached hydrogens (primary N) is 1. The Bertz CT molecular complexity index is 1140. The lowest BCUT2D eigenvalue weighted by molar-refractivity contribution is 0.242. The number of rotatable bonds is 5. The highest BCUT2D eigenvalue weighted by molar-refractivity contribution is 5.87. The minimum Gasteiger partial charge on any atom is -0.491 e. The third-order valence-corrected chi connectivity index (χ3v) is 4.60. The van der Waals surface area contributed by atoms with Crippen molar-refractivity contribution in [1.82, 2.24) is 9.38 Å². The molecule has 0 aliphatic rings. The van der Waals surface area contributed by atoms with Crippen LogP contribution >= 0.6 is 0 Å². The minimum atomic E-state index is 0.148. The summed E-state index contributed by atoms with van der Waals surface area (Å²) in [5.41, 5.74) is 12.2. The first-order valence-corrected chi connectivity index (χ1v) is 9.20. The lowest BCUT2D eigenvalue weighted by Crippen LogP contribution is -2.05. The fourth-order valence-electron chi connectivity index (χ4n) is 3.22. The van der Waals surface area contributed by atoms with E-state index in [1.54, 1.807) is 0 Å².